The van der Waals surface area contributed by atoms with Gasteiger partial charge >= 0.3 is 83.2 Å². The molecule has 0 saturated carbocycles. The molecule has 0 saturated heterocycles. The largest absolute Gasteiger partial charge is 4.00 e. The predicted molar refractivity (Wildman–Crippen MR) is 84.8 cm³/mol. The molecular weight excluding hydrogens is 468 g/mol. The van der Waals surface area contributed by atoms with E-state index in [1.54, 1.807) is 32.3 Å². The molecule has 110 valence electrons. The Hall–Kier alpha value is 0.573. The quantitative estimate of drug-likeness (QED) is 0.390. The van der Waals surface area contributed by atoms with Gasteiger partial charge in [-0.2, -0.15) is 19.6 Å². The molecule has 0 aliphatic heterocycles. The van der Waals surface area contributed by atoms with Crippen LogP contribution < -0.4 is 4.40 Å². The smallest absolute Gasteiger partial charge is 4.00 e. The Bertz CT molecular complexity index is 222. The second kappa shape index (κ2) is 20.9. The van der Waals surface area contributed by atoms with E-state index in [2.05, 4.69) is 0 Å². The summed E-state index contributed by atoms with van der Waals surface area (Å²) in [5.41, 5.74) is 18.6. The van der Waals surface area contributed by atoms with Gasteiger partial charge in [0.1, 0.15) is 0 Å². The van der Waals surface area contributed by atoms with Crippen molar-refractivity contribution in [2.24, 2.45) is 0 Å². The molecule has 6 heteroatoms. The fourth-order valence-corrected chi connectivity index (χ4v) is 2.84. The Balaban J connectivity index is -0.0000000956. The molecular formula is C13H28FGeHfN3. The van der Waals surface area contributed by atoms with Crippen molar-refractivity contribution in [3.63, 3.8) is 0 Å². The molecule has 3 nitrogen and oxygen atoms in total. The van der Waals surface area contributed by atoms with Crippen LogP contribution in [0.5, 0.6) is 0 Å². The topological polar surface area (TPSA) is 71.4 Å². The second-order valence-corrected chi connectivity index (χ2v) is 11.1. The Morgan fingerprint density at radius 3 is 1.21 bits per heavy atom. The maximum Gasteiger partial charge on any atom is 4.00 e. The summed E-state index contributed by atoms with van der Waals surface area (Å²) >= 11 is -2.94. The molecule has 0 unspecified atom stereocenters. The Kier molecular flexibility index (Phi) is 30.6. The summed E-state index contributed by atoms with van der Waals surface area (Å²) in [5.74, 6) is 3.49. The maximum atomic E-state index is 13.1. The van der Waals surface area contributed by atoms with Gasteiger partial charge in [0.2, 0.25) is 0 Å². The van der Waals surface area contributed by atoms with E-state index in [0.717, 1.165) is 4.40 Å². The molecule has 0 aliphatic rings. The summed E-state index contributed by atoms with van der Waals surface area (Å²) in [6.07, 6.45) is 0. The van der Waals surface area contributed by atoms with Crippen molar-refractivity contribution in [3.05, 3.63) is 41.5 Å². The molecule has 0 aliphatic carbocycles. The van der Waals surface area contributed by atoms with Crippen LogP contribution in [0.2, 0.25) is 11.5 Å². The first-order chi connectivity index (χ1) is 8.35. The standard InChI is InChI=1S/C7H10FGe.3C2H6N.Hf/c1-9(2,8)7-5-3-4-6-7;3*1-2-3;/h3-6H,1-2H3;3*3H,2H2,1H3;/q4*-1;+4. The first-order valence-electron chi connectivity index (χ1n) is 6.20. The molecule has 0 heterocycles. The molecule has 19 heavy (non-hydrogen) atoms. The summed E-state index contributed by atoms with van der Waals surface area (Å²) in [4.78, 5) is 0. The van der Waals surface area contributed by atoms with Crippen molar-refractivity contribution in [1.82, 2.24) is 0 Å². The molecule has 0 fully saturated rings. The first-order valence-corrected chi connectivity index (χ1v) is 12.2. The summed E-state index contributed by atoms with van der Waals surface area (Å²) < 4.78 is 14.1. The number of nitrogens with one attached hydrogen (secondary N) is 3. The number of hydrogen-bond acceptors (Lipinski definition) is 0. The molecule has 0 atom stereocenters. The molecule has 1 rings (SSSR count). The van der Waals surface area contributed by atoms with Gasteiger partial charge in [0, 0.05) is 0 Å². The molecule has 0 radical (unpaired) electrons. The van der Waals surface area contributed by atoms with Gasteiger partial charge < -0.3 is 17.2 Å². The van der Waals surface area contributed by atoms with E-state index in [-0.39, 0.29) is 25.8 Å². The van der Waals surface area contributed by atoms with Crippen LogP contribution in [0.25, 0.3) is 17.2 Å². The van der Waals surface area contributed by atoms with Crippen LogP contribution in [-0.4, -0.2) is 33.4 Å². The minimum absolute atomic E-state index is 0. The van der Waals surface area contributed by atoms with Crippen molar-refractivity contribution in [2.45, 2.75) is 32.3 Å². The molecule has 1 aromatic carbocycles. The minimum atomic E-state index is -2.94. The van der Waals surface area contributed by atoms with Crippen LogP contribution in [0.4, 0.5) is 3.50 Å². The van der Waals surface area contributed by atoms with Gasteiger partial charge in [-0.05, 0) is 0 Å². The normalized spacial score (nSPS) is 8.47. The third-order valence-corrected chi connectivity index (χ3v) is 4.93. The van der Waals surface area contributed by atoms with E-state index in [1.165, 1.54) is 0 Å². The minimum Gasteiger partial charge on any atom is 4.00 e. The molecule has 0 spiro atoms. The van der Waals surface area contributed by atoms with Gasteiger partial charge in [0.05, 0.1) is 0 Å². The zero-order valence-corrected chi connectivity index (χ0v) is 18.5. The average Bonchev–Trinajstić information content (AvgIpc) is 2.72. The number of hydrogen-bond donors (Lipinski definition) is 0. The fraction of sp³-hybridized carbons (Fsp3) is 0.615. The maximum absolute atomic E-state index is 13.1. The third-order valence-electron chi connectivity index (χ3n) is 1.35. The summed E-state index contributed by atoms with van der Waals surface area (Å²) in [7, 11) is 0. The predicted octanol–water partition coefficient (Wildman–Crippen LogP) is 4.96. The van der Waals surface area contributed by atoms with Crippen molar-refractivity contribution in [1.29, 1.82) is 0 Å². The Morgan fingerprint density at radius 2 is 1.11 bits per heavy atom. The second-order valence-electron chi connectivity index (χ2n) is 3.71. The van der Waals surface area contributed by atoms with E-state index in [0.29, 0.717) is 19.6 Å². The van der Waals surface area contributed by atoms with Crippen LogP contribution in [0.15, 0.2) is 24.3 Å². The van der Waals surface area contributed by atoms with Crippen molar-refractivity contribution in [3.8, 4) is 0 Å². The number of halogens is 1. The van der Waals surface area contributed by atoms with Gasteiger partial charge in [-0.3, -0.25) is 0 Å². The SMILES string of the molecule is CC[NH-].CC[NH-].CC[NH-].[CH3][Ge]([CH3])([F])[c-]1cccc1.[Hf+4]. The molecule has 3 N–H and O–H groups in total. The zero-order valence-electron chi connectivity index (χ0n) is 12.8. The fourth-order valence-electron chi connectivity index (χ4n) is 0.770. The van der Waals surface area contributed by atoms with Crippen molar-refractivity contribution < 1.29 is 29.3 Å². The summed E-state index contributed by atoms with van der Waals surface area (Å²) in [5, 5.41) is 0. The van der Waals surface area contributed by atoms with Gasteiger partial charge in [-0.25, -0.2) is 0 Å². The van der Waals surface area contributed by atoms with Gasteiger partial charge in [0.25, 0.3) is 0 Å². The molecule has 0 amide bonds. The van der Waals surface area contributed by atoms with Crippen LogP contribution in [0.1, 0.15) is 20.8 Å². The van der Waals surface area contributed by atoms with Crippen LogP contribution in [0.3, 0.4) is 0 Å². The molecule has 0 aromatic heterocycles. The zero-order chi connectivity index (χ0) is 15.0. The van der Waals surface area contributed by atoms with Crippen LogP contribution in [-0.2, 0) is 25.8 Å². The van der Waals surface area contributed by atoms with Crippen molar-refractivity contribution in [2.75, 3.05) is 19.6 Å². The Labute approximate surface area is 140 Å². The monoisotopic (exact) mass is 499 g/mol. The van der Waals surface area contributed by atoms with Crippen molar-refractivity contribution >= 4 is 18.1 Å². The average molecular weight is 496 g/mol. The molecule has 1 aromatic rings. The van der Waals surface area contributed by atoms with Gasteiger partial charge in [-0.1, -0.05) is 20.8 Å². The van der Waals surface area contributed by atoms with E-state index in [1.807, 2.05) is 24.3 Å². The van der Waals surface area contributed by atoms with Gasteiger partial charge in [-0.15, -0.1) is 0 Å². The van der Waals surface area contributed by atoms with Crippen LogP contribution >= 0.6 is 0 Å². The van der Waals surface area contributed by atoms with E-state index >= 15 is 0 Å². The van der Waals surface area contributed by atoms with E-state index in [9.17, 15) is 3.50 Å². The summed E-state index contributed by atoms with van der Waals surface area (Å²) in [6, 6.07) is 7.53. The van der Waals surface area contributed by atoms with E-state index < -0.39 is 13.7 Å². The Morgan fingerprint density at radius 1 is 0.895 bits per heavy atom. The van der Waals surface area contributed by atoms with Gasteiger partial charge in [0.15, 0.2) is 0 Å². The summed E-state index contributed by atoms with van der Waals surface area (Å²) in [6.45, 7) is 6.88. The van der Waals surface area contributed by atoms with Crippen LogP contribution in [0, 0.1) is 0 Å². The number of rotatable bonds is 1. The third kappa shape index (κ3) is 27.7. The van der Waals surface area contributed by atoms with E-state index in [4.69, 9.17) is 17.2 Å². The first kappa shape index (κ1) is 27.8. The molecule has 0 bridgehead atoms.